The van der Waals surface area contributed by atoms with Crippen molar-refractivity contribution in [3.63, 3.8) is 0 Å². The van der Waals surface area contributed by atoms with Crippen molar-refractivity contribution in [1.29, 1.82) is 0 Å². The van der Waals surface area contributed by atoms with Crippen molar-refractivity contribution in [3.05, 3.63) is 28.8 Å². The molecule has 1 rings (SSSR count). The van der Waals surface area contributed by atoms with Gasteiger partial charge in [0.1, 0.15) is 5.75 Å². The van der Waals surface area contributed by atoms with Gasteiger partial charge in [0.15, 0.2) is 6.61 Å². The van der Waals surface area contributed by atoms with Crippen LogP contribution in [0.1, 0.15) is 17.3 Å². The van der Waals surface area contributed by atoms with E-state index in [9.17, 15) is 14.4 Å². The van der Waals surface area contributed by atoms with Gasteiger partial charge in [-0.25, -0.2) is 4.79 Å². The van der Waals surface area contributed by atoms with Crippen LogP contribution in [0.5, 0.6) is 5.75 Å². The van der Waals surface area contributed by atoms with Gasteiger partial charge in [-0.3, -0.25) is 9.59 Å². The second-order valence-corrected chi connectivity index (χ2v) is 4.48. The van der Waals surface area contributed by atoms with E-state index in [4.69, 9.17) is 21.4 Å². The third-order valence-corrected chi connectivity index (χ3v) is 2.69. The number of nitrogens with one attached hydrogen (secondary N) is 2. The average molecular weight is 315 g/mol. The summed E-state index contributed by atoms with van der Waals surface area (Å²) in [6, 6.07) is 4.10. The lowest BCUT2D eigenvalue weighted by atomic mass is 10.2. The summed E-state index contributed by atoms with van der Waals surface area (Å²) in [5.74, 6) is -1.51. The molecule has 0 aliphatic carbocycles. The zero-order valence-electron chi connectivity index (χ0n) is 11.3. The molecule has 1 aromatic carbocycles. The number of rotatable bonds is 7. The fourth-order valence-electron chi connectivity index (χ4n) is 1.40. The van der Waals surface area contributed by atoms with Gasteiger partial charge in [0.2, 0.25) is 5.91 Å². The molecule has 0 unspecified atom stereocenters. The van der Waals surface area contributed by atoms with E-state index in [-0.39, 0.29) is 41.3 Å². The van der Waals surface area contributed by atoms with Crippen LogP contribution < -0.4 is 15.4 Å². The van der Waals surface area contributed by atoms with Crippen LogP contribution in [-0.2, 0) is 9.59 Å². The lowest BCUT2D eigenvalue weighted by Crippen LogP contribution is -2.36. The maximum absolute atomic E-state index is 11.5. The van der Waals surface area contributed by atoms with Gasteiger partial charge in [-0.15, -0.1) is 0 Å². The molecule has 0 saturated heterocycles. The molecular weight excluding hydrogens is 300 g/mol. The standard InChI is InChI=1S/C13H15ClN2O5/c1-8(17)15-4-5-16-12(18)7-21-9-2-3-11(14)10(6-9)13(19)20/h2-3,6H,4-5,7H2,1H3,(H,15,17)(H,16,18)(H,19,20). The van der Waals surface area contributed by atoms with Crippen molar-refractivity contribution >= 4 is 29.4 Å². The van der Waals surface area contributed by atoms with Gasteiger partial charge in [0, 0.05) is 20.0 Å². The molecule has 2 amide bonds. The first-order chi connectivity index (χ1) is 9.90. The minimum Gasteiger partial charge on any atom is -0.484 e. The Hall–Kier alpha value is -2.28. The predicted molar refractivity (Wildman–Crippen MR) is 75.6 cm³/mol. The van der Waals surface area contributed by atoms with Crippen LogP contribution in [0.2, 0.25) is 5.02 Å². The molecule has 0 aromatic heterocycles. The first-order valence-corrected chi connectivity index (χ1v) is 6.44. The van der Waals surface area contributed by atoms with Gasteiger partial charge < -0.3 is 20.5 Å². The van der Waals surface area contributed by atoms with Crippen LogP contribution in [-0.4, -0.2) is 42.6 Å². The number of halogens is 1. The molecule has 0 aliphatic rings. The number of carbonyl (C=O) groups is 3. The second-order valence-electron chi connectivity index (χ2n) is 4.07. The van der Waals surface area contributed by atoms with E-state index < -0.39 is 5.97 Å². The van der Waals surface area contributed by atoms with Crippen molar-refractivity contribution in [2.24, 2.45) is 0 Å². The van der Waals surface area contributed by atoms with E-state index in [1.54, 1.807) is 0 Å². The molecule has 3 N–H and O–H groups in total. The van der Waals surface area contributed by atoms with Gasteiger partial charge in [0.05, 0.1) is 10.6 Å². The number of benzene rings is 1. The van der Waals surface area contributed by atoms with E-state index in [2.05, 4.69) is 10.6 Å². The zero-order chi connectivity index (χ0) is 15.8. The van der Waals surface area contributed by atoms with Crippen molar-refractivity contribution in [2.75, 3.05) is 19.7 Å². The highest BCUT2D eigenvalue weighted by Gasteiger charge is 2.10. The molecule has 1 aromatic rings. The predicted octanol–water partition coefficient (Wildman–Crippen LogP) is 0.669. The van der Waals surface area contributed by atoms with Crippen LogP contribution >= 0.6 is 11.6 Å². The Morgan fingerprint density at radius 2 is 1.90 bits per heavy atom. The molecule has 0 spiro atoms. The fraction of sp³-hybridized carbons (Fsp3) is 0.308. The molecule has 0 radical (unpaired) electrons. The summed E-state index contributed by atoms with van der Waals surface area (Å²) in [6.07, 6.45) is 0. The Bertz CT molecular complexity index is 547. The Morgan fingerprint density at radius 3 is 2.52 bits per heavy atom. The van der Waals surface area contributed by atoms with Crippen molar-refractivity contribution < 1.29 is 24.2 Å². The fourth-order valence-corrected chi connectivity index (χ4v) is 1.60. The Kier molecular flexibility index (Phi) is 6.48. The second kappa shape index (κ2) is 8.11. The van der Waals surface area contributed by atoms with E-state index in [1.807, 2.05) is 0 Å². The van der Waals surface area contributed by atoms with Crippen LogP contribution in [0.3, 0.4) is 0 Å². The third-order valence-electron chi connectivity index (χ3n) is 2.36. The van der Waals surface area contributed by atoms with Gasteiger partial charge in [-0.05, 0) is 18.2 Å². The Labute approximate surface area is 126 Å². The van der Waals surface area contributed by atoms with E-state index in [0.717, 1.165) is 0 Å². The lowest BCUT2D eigenvalue weighted by Gasteiger charge is -2.09. The quantitative estimate of drug-likeness (QED) is 0.642. The minimum absolute atomic E-state index is 0.0922. The van der Waals surface area contributed by atoms with Crippen molar-refractivity contribution in [2.45, 2.75) is 6.92 Å². The summed E-state index contributed by atoms with van der Waals surface area (Å²) in [4.78, 5) is 32.9. The molecular formula is C13H15ClN2O5. The maximum Gasteiger partial charge on any atom is 0.337 e. The Balaban J connectivity index is 2.41. The zero-order valence-corrected chi connectivity index (χ0v) is 12.1. The van der Waals surface area contributed by atoms with Gasteiger partial charge >= 0.3 is 5.97 Å². The number of ether oxygens (including phenoxy) is 1. The molecule has 114 valence electrons. The minimum atomic E-state index is -1.18. The first-order valence-electron chi connectivity index (χ1n) is 6.07. The molecule has 0 heterocycles. The molecule has 0 atom stereocenters. The van der Waals surface area contributed by atoms with Gasteiger partial charge in [-0.1, -0.05) is 11.6 Å². The molecule has 0 saturated carbocycles. The normalized spacial score (nSPS) is 9.81. The average Bonchev–Trinajstić information content (AvgIpc) is 2.42. The number of carboxylic acid groups (broad SMARTS) is 1. The smallest absolute Gasteiger partial charge is 0.337 e. The number of hydrogen-bond acceptors (Lipinski definition) is 4. The van der Waals surface area contributed by atoms with Crippen molar-refractivity contribution in [1.82, 2.24) is 10.6 Å². The van der Waals surface area contributed by atoms with Gasteiger partial charge in [0.25, 0.3) is 5.91 Å². The highest BCUT2D eigenvalue weighted by Crippen LogP contribution is 2.21. The summed E-state index contributed by atoms with van der Waals surface area (Å²) < 4.78 is 5.17. The van der Waals surface area contributed by atoms with Gasteiger partial charge in [-0.2, -0.15) is 0 Å². The molecule has 0 aliphatic heterocycles. The van der Waals surface area contributed by atoms with Crippen LogP contribution in [0.15, 0.2) is 18.2 Å². The number of carboxylic acids is 1. The largest absolute Gasteiger partial charge is 0.484 e. The molecule has 21 heavy (non-hydrogen) atoms. The number of aromatic carboxylic acids is 1. The number of amides is 2. The van der Waals surface area contributed by atoms with Crippen LogP contribution in [0, 0.1) is 0 Å². The Morgan fingerprint density at radius 1 is 1.24 bits per heavy atom. The summed E-state index contributed by atoms with van der Waals surface area (Å²) in [7, 11) is 0. The highest BCUT2D eigenvalue weighted by atomic mass is 35.5. The topological polar surface area (TPSA) is 105 Å². The van der Waals surface area contributed by atoms with E-state index in [1.165, 1.54) is 25.1 Å². The highest BCUT2D eigenvalue weighted by molar-refractivity contribution is 6.33. The summed E-state index contributed by atoms with van der Waals surface area (Å²) >= 11 is 5.71. The lowest BCUT2D eigenvalue weighted by molar-refractivity contribution is -0.123. The molecule has 0 fully saturated rings. The SMILES string of the molecule is CC(=O)NCCNC(=O)COc1ccc(Cl)c(C(=O)O)c1. The number of hydrogen-bond donors (Lipinski definition) is 3. The molecule has 7 nitrogen and oxygen atoms in total. The van der Waals surface area contributed by atoms with E-state index >= 15 is 0 Å². The summed E-state index contributed by atoms with van der Waals surface area (Å²) in [6.45, 7) is 1.72. The summed E-state index contributed by atoms with van der Waals surface area (Å²) in [5, 5.41) is 14.1. The molecule has 0 bridgehead atoms. The van der Waals surface area contributed by atoms with E-state index in [0.29, 0.717) is 6.54 Å². The van der Waals surface area contributed by atoms with Crippen LogP contribution in [0.4, 0.5) is 0 Å². The first kappa shape index (κ1) is 16.8. The molecule has 8 heteroatoms. The maximum atomic E-state index is 11.5. The third kappa shape index (κ3) is 6.13. The monoisotopic (exact) mass is 314 g/mol. The van der Waals surface area contributed by atoms with Crippen LogP contribution in [0.25, 0.3) is 0 Å². The number of carbonyl (C=O) groups excluding carboxylic acids is 2. The summed E-state index contributed by atoms with van der Waals surface area (Å²) in [5.41, 5.74) is -0.0970. The van der Waals surface area contributed by atoms with Crippen molar-refractivity contribution in [3.8, 4) is 5.75 Å².